The van der Waals surface area contributed by atoms with Crippen LogP contribution >= 0.6 is 15.9 Å². The predicted octanol–water partition coefficient (Wildman–Crippen LogP) is 3.31. The molecule has 2 rings (SSSR count). The Morgan fingerprint density at radius 3 is 2.76 bits per heavy atom. The molecule has 1 aromatic carbocycles. The molecule has 0 bridgehead atoms. The van der Waals surface area contributed by atoms with Crippen LogP contribution in [0.1, 0.15) is 28.8 Å². The molecule has 21 heavy (non-hydrogen) atoms. The summed E-state index contributed by atoms with van der Waals surface area (Å²) in [7, 11) is 0. The molecule has 7 heteroatoms. The van der Waals surface area contributed by atoms with E-state index in [1.54, 1.807) is 0 Å². The van der Waals surface area contributed by atoms with E-state index < -0.39 is 17.6 Å². The topological polar surface area (TPSA) is 40.5 Å². The molecule has 1 aliphatic heterocycles. The van der Waals surface area contributed by atoms with Crippen molar-refractivity contribution in [1.82, 2.24) is 4.90 Å². The molecule has 1 fully saturated rings. The van der Waals surface area contributed by atoms with Gasteiger partial charge in [-0.2, -0.15) is 13.2 Å². The fourth-order valence-electron chi connectivity index (χ4n) is 2.51. The zero-order valence-corrected chi connectivity index (χ0v) is 12.7. The Morgan fingerprint density at radius 2 is 2.14 bits per heavy atom. The number of aliphatic hydroxyl groups excluding tert-OH is 1. The zero-order chi connectivity index (χ0) is 15.6. The van der Waals surface area contributed by atoms with Crippen molar-refractivity contribution >= 4 is 21.8 Å². The largest absolute Gasteiger partial charge is 0.417 e. The third kappa shape index (κ3) is 3.77. The lowest BCUT2D eigenvalue weighted by molar-refractivity contribution is -0.138. The van der Waals surface area contributed by atoms with Gasteiger partial charge in [-0.05, 0) is 37.0 Å². The summed E-state index contributed by atoms with van der Waals surface area (Å²) in [5, 5.41) is 9.16. The smallest absolute Gasteiger partial charge is 0.396 e. The van der Waals surface area contributed by atoms with Gasteiger partial charge in [0.05, 0.1) is 11.1 Å². The van der Waals surface area contributed by atoms with Crippen LogP contribution in [0.25, 0.3) is 0 Å². The van der Waals surface area contributed by atoms with Gasteiger partial charge in [-0.1, -0.05) is 15.9 Å². The van der Waals surface area contributed by atoms with Gasteiger partial charge in [-0.25, -0.2) is 0 Å². The summed E-state index contributed by atoms with van der Waals surface area (Å²) in [4.78, 5) is 13.8. The average Bonchev–Trinajstić information content (AvgIpc) is 2.45. The normalized spacial score (nSPS) is 19.7. The highest BCUT2D eigenvalue weighted by molar-refractivity contribution is 9.10. The van der Waals surface area contributed by atoms with Crippen molar-refractivity contribution in [2.45, 2.75) is 19.0 Å². The molecule has 1 unspecified atom stereocenters. The number of piperidine rings is 1. The molecule has 1 amide bonds. The van der Waals surface area contributed by atoms with Crippen LogP contribution < -0.4 is 0 Å². The van der Waals surface area contributed by atoms with Gasteiger partial charge < -0.3 is 10.0 Å². The van der Waals surface area contributed by atoms with E-state index in [0.29, 0.717) is 19.5 Å². The van der Waals surface area contributed by atoms with Crippen molar-refractivity contribution in [3.05, 3.63) is 33.8 Å². The predicted molar refractivity (Wildman–Crippen MR) is 74.9 cm³/mol. The molecular weight excluding hydrogens is 351 g/mol. The Bertz CT molecular complexity index is 533. The fourth-order valence-corrected chi connectivity index (χ4v) is 2.87. The second-order valence-electron chi connectivity index (χ2n) is 5.13. The lowest BCUT2D eigenvalue weighted by atomic mass is 9.97. The fraction of sp³-hybridized carbons (Fsp3) is 0.500. The van der Waals surface area contributed by atoms with Crippen LogP contribution in [-0.4, -0.2) is 35.6 Å². The number of benzene rings is 1. The molecule has 1 aliphatic rings. The second-order valence-corrected chi connectivity index (χ2v) is 6.05. The lowest BCUT2D eigenvalue weighted by Gasteiger charge is -2.32. The summed E-state index contributed by atoms with van der Waals surface area (Å²) < 4.78 is 39.5. The van der Waals surface area contributed by atoms with E-state index in [0.717, 1.165) is 12.5 Å². The average molecular weight is 366 g/mol. The van der Waals surface area contributed by atoms with Gasteiger partial charge in [0.25, 0.3) is 5.91 Å². The molecule has 1 N–H and O–H groups in total. The second kappa shape index (κ2) is 6.36. The third-order valence-corrected chi connectivity index (χ3v) is 4.08. The number of nitrogens with zero attached hydrogens (tertiary/aromatic N) is 1. The Morgan fingerprint density at radius 1 is 1.43 bits per heavy atom. The molecular formula is C14H15BrF3NO2. The summed E-state index contributed by atoms with van der Waals surface area (Å²) >= 11 is 3.00. The maximum Gasteiger partial charge on any atom is 0.417 e. The van der Waals surface area contributed by atoms with E-state index in [-0.39, 0.29) is 22.6 Å². The Kier molecular flexibility index (Phi) is 4.93. The first kappa shape index (κ1) is 16.3. The number of likely N-dealkylation sites (tertiary alicyclic amines) is 1. The minimum absolute atomic E-state index is 0.0593. The van der Waals surface area contributed by atoms with Crippen LogP contribution in [-0.2, 0) is 6.18 Å². The zero-order valence-electron chi connectivity index (χ0n) is 11.2. The molecule has 1 saturated heterocycles. The highest BCUT2D eigenvalue weighted by Crippen LogP contribution is 2.34. The van der Waals surface area contributed by atoms with Gasteiger partial charge in [0, 0.05) is 24.2 Å². The number of amides is 1. The standard InChI is InChI=1S/C14H15BrF3NO2/c15-10-3-4-11(12(6-10)14(16,17)18)13(21)19-5-1-2-9(7-19)8-20/h3-4,6,9,20H,1-2,5,7-8H2. The number of carbonyl (C=O) groups is 1. The summed E-state index contributed by atoms with van der Waals surface area (Å²) in [5.41, 5.74) is -1.28. The summed E-state index contributed by atoms with van der Waals surface area (Å²) in [5.74, 6) is -0.694. The SMILES string of the molecule is O=C(c1ccc(Br)cc1C(F)(F)F)N1CCCC(CO)C1. The first-order valence-corrected chi connectivity index (χ1v) is 7.39. The van der Waals surface area contributed by atoms with Crippen LogP contribution in [0.3, 0.4) is 0 Å². The first-order chi connectivity index (χ1) is 9.82. The maximum absolute atomic E-state index is 13.1. The van der Waals surface area contributed by atoms with E-state index in [9.17, 15) is 18.0 Å². The third-order valence-electron chi connectivity index (χ3n) is 3.58. The lowest BCUT2D eigenvalue weighted by Crippen LogP contribution is -2.41. The Hall–Kier alpha value is -1.08. The number of rotatable bonds is 2. The minimum atomic E-state index is -4.58. The summed E-state index contributed by atoms with van der Waals surface area (Å²) in [6.07, 6.45) is -3.11. The van der Waals surface area contributed by atoms with Crippen molar-refractivity contribution < 1.29 is 23.1 Å². The number of hydrogen-bond donors (Lipinski definition) is 1. The summed E-state index contributed by atoms with van der Waals surface area (Å²) in [6.45, 7) is 0.654. The molecule has 1 atom stereocenters. The maximum atomic E-state index is 13.1. The van der Waals surface area contributed by atoms with E-state index in [1.807, 2.05) is 0 Å². The first-order valence-electron chi connectivity index (χ1n) is 6.60. The summed E-state index contributed by atoms with van der Waals surface area (Å²) in [6, 6.07) is 3.54. The van der Waals surface area contributed by atoms with Crippen molar-refractivity contribution in [1.29, 1.82) is 0 Å². The molecule has 0 radical (unpaired) electrons. The van der Waals surface area contributed by atoms with Crippen LogP contribution in [0.5, 0.6) is 0 Å². The van der Waals surface area contributed by atoms with E-state index in [4.69, 9.17) is 5.11 Å². The molecule has 3 nitrogen and oxygen atoms in total. The number of aliphatic hydroxyl groups is 1. The van der Waals surface area contributed by atoms with Gasteiger partial charge in [-0.3, -0.25) is 4.79 Å². The minimum Gasteiger partial charge on any atom is -0.396 e. The van der Waals surface area contributed by atoms with Crippen molar-refractivity contribution in [2.75, 3.05) is 19.7 Å². The van der Waals surface area contributed by atoms with Crippen molar-refractivity contribution in [3.8, 4) is 0 Å². The molecule has 1 heterocycles. The molecule has 0 spiro atoms. The van der Waals surface area contributed by atoms with Crippen molar-refractivity contribution in [2.24, 2.45) is 5.92 Å². The molecule has 0 saturated carbocycles. The molecule has 116 valence electrons. The highest BCUT2D eigenvalue weighted by atomic mass is 79.9. The monoisotopic (exact) mass is 365 g/mol. The van der Waals surface area contributed by atoms with Gasteiger partial charge in [0.2, 0.25) is 0 Å². The van der Waals surface area contributed by atoms with E-state index >= 15 is 0 Å². The van der Waals surface area contributed by atoms with E-state index in [1.165, 1.54) is 17.0 Å². The van der Waals surface area contributed by atoms with Gasteiger partial charge >= 0.3 is 6.18 Å². The number of alkyl halides is 3. The van der Waals surface area contributed by atoms with Crippen LogP contribution in [0.2, 0.25) is 0 Å². The Labute approximate surface area is 128 Å². The van der Waals surface area contributed by atoms with E-state index in [2.05, 4.69) is 15.9 Å². The van der Waals surface area contributed by atoms with Gasteiger partial charge in [-0.15, -0.1) is 0 Å². The van der Waals surface area contributed by atoms with Gasteiger partial charge in [0.15, 0.2) is 0 Å². The molecule has 0 aromatic heterocycles. The molecule has 0 aliphatic carbocycles. The Balaban J connectivity index is 2.31. The number of hydrogen-bond acceptors (Lipinski definition) is 2. The van der Waals surface area contributed by atoms with Crippen LogP contribution in [0.15, 0.2) is 22.7 Å². The highest BCUT2D eigenvalue weighted by Gasteiger charge is 2.37. The number of carbonyl (C=O) groups excluding carboxylic acids is 1. The van der Waals surface area contributed by atoms with Crippen LogP contribution in [0, 0.1) is 5.92 Å². The molecule has 1 aromatic rings. The van der Waals surface area contributed by atoms with Crippen molar-refractivity contribution in [3.63, 3.8) is 0 Å². The van der Waals surface area contributed by atoms with Crippen LogP contribution in [0.4, 0.5) is 13.2 Å². The number of halogens is 4. The van der Waals surface area contributed by atoms with Gasteiger partial charge in [0.1, 0.15) is 0 Å². The quantitative estimate of drug-likeness (QED) is 0.873.